The topological polar surface area (TPSA) is 83.8 Å². The van der Waals surface area contributed by atoms with Crippen molar-refractivity contribution in [2.75, 3.05) is 37.0 Å². The highest BCUT2D eigenvalue weighted by molar-refractivity contribution is 6.06. The first kappa shape index (κ1) is 16.1. The fourth-order valence-electron chi connectivity index (χ4n) is 2.64. The number of methoxy groups -OCH3 is 1. The minimum absolute atomic E-state index is 0.180. The number of hydrogen-bond acceptors (Lipinski definition) is 4. The van der Waals surface area contributed by atoms with Crippen molar-refractivity contribution in [2.24, 2.45) is 0 Å². The number of benzene rings is 1. The maximum atomic E-state index is 12.5. The number of fused-ring (bicyclic) bond motifs is 1. The van der Waals surface area contributed by atoms with Crippen molar-refractivity contribution in [1.82, 2.24) is 5.32 Å². The second-order valence-corrected chi connectivity index (χ2v) is 5.40. The molecule has 0 unspecified atom stereocenters. The van der Waals surface area contributed by atoms with Gasteiger partial charge in [-0.05, 0) is 36.2 Å². The van der Waals surface area contributed by atoms with Crippen LogP contribution in [0.4, 0.5) is 16.2 Å². The van der Waals surface area contributed by atoms with E-state index in [-0.39, 0.29) is 11.9 Å². The van der Waals surface area contributed by atoms with E-state index >= 15 is 0 Å². The Morgan fingerprint density at radius 2 is 2.21 bits per heavy atom. The lowest BCUT2D eigenvalue weighted by Gasteiger charge is -2.17. The summed E-state index contributed by atoms with van der Waals surface area (Å²) in [6.07, 6.45) is 2.26. The van der Waals surface area contributed by atoms with Crippen LogP contribution in [-0.2, 0) is 11.2 Å². The summed E-state index contributed by atoms with van der Waals surface area (Å²) >= 11 is 0. The molecule has 2 heterocycles. The van der Waals surface area contributed by atoms with Crippen molar-refractivity contribution in [3.05, 3.63) is 47.9 Å². The number of nitrogens with zero attached hydrogens (tertiary/aromatic N) is 1. The van der Waals surface area contributed by atoms with Crippen molar-refractivity contribution in [1.29, 1.82) is 0 Å². The molecule has 7 nitrogen and oxygen atoms in total. The summed E-state index contributed by atoms with van der Waals surface area (Å²) in [6.45, 7) is 1.47. The molecule has 24 heavy (non-hydrogen) atoms. The van der Waals surface area contributed by atoms with Crippen molar-refractivity contribution in [2.45, 2.75) is 6.42 Å². The molecule has 0 aliphatic carbocycles. The van der Waals surface area contributed by atoms with Gasteiger partial charge in [0.1, 0.15) is 0 Å². The molecule has 2 aromatic rings. The van der Waals surface area contributed by atoms with Gasteiger partial charge in [0.05, 0.1) is 12.9 Å². The van der Waals surface area contributed by atoms with Gasteiger partial charge in [0.2, 0.25) is 0 Å². The summed E-state index contributed by atoms with van der Waals surface area (Å²) in [5.41, 5.74) is 2.49. The zero-order valence-corrected chi connectivity index (χ0v) is 13.4. The molecule has 3 amide bonds. The molecule has 7 heteroatoms. The van der Waals surface area contributed by atoms with E-state index in [9.17, 15) is 9.59 Å². The van der Waals surface area contributed by atoms with Crippen LogP contribution in [-0.4, -0.2) is 38.7 Å². The van der Waals surface area contributed by atoms with Crippen LogP contribution in [0, 0.1) is 0 Å². The highest BCUT2D eigenvalue weighted by Gasteiger charge is 2.27. The number of anilines is 2. The van der Waals surface area contributed by atoms with E-state index in [1.165, 1.54) is 6.26 Å². The number of amides is 3. The van der Waals surface area contributed by atoms with Gasteiger partial charge in [0.25, 0.3) is 5.91 Å². The lowest BCUT2D eigenvalue weighted by atomic mass is 10.1. The fraction of sp³-hybridized carbons (Fsp3) is 0.294. The first-order valence-corrected chi connectivity index (χ1v) is 7.71. The first-order valence-electron chi connectivity index (χ1n) is 7.71. The average molecular weight is 329 g/mol. The second-order valence-electron chi connectivity index (χ2n) is 5.40. The SMILES string of the molecule is COCCNC(=O)Nc1ccc2c(c1)N(C(=O)c1ccco1)CC2. The summed E-state index contributed by atoms with van der Waals surface area (Å²) < 4.78 is 10.1. The van der Waals surface area contributed by atoms with Crippen LogP contribution in [0.1, 0.15) is 16.1 Å². The van der Waals surface area contributed by atoms with Gasteiger partial charge in [-0.15, -0.1) is 0 Å². The van der Waals surface area contributed by atoms with Crippen molar-refractivity contribution in [3.8, 4) is 0 Å². The number of nitrogens with one attached hydrogen (secondary N) is 2. The van der Waals surface area contributed by atoms with Crippen LogP contribution in [0.25, 0.3) is 0 Å². The monoisotopic (exact) mass is 329 g/mol. The van der Waals surface area contributed by atoms with Gasteiger partial charge >= 0.3 is 6.03 Å². The minimum Gasteiger partial charge on any atom is -0.459 e. The maximum absolute atomic E-state index is 12.5. The van der Waals surface area contributed by atoms with E-state index < -0.39 is 0 Å². The number of ether oxygens (including phenoxy) is 1. The lowest BCUT2D eigenvalue weighted by molar-refractivity contribution is 0.0963. The molecular weight excluding hydrogens is 310 g/mol. The summed E-state index contributed by atoms with van der Waals surface area (Å²) in [4.78, 5) is 26.0. The molecular formula is C17H19N3O4. The lowest BCUT2D eigenvalue weighted by Crippen LogP contribution is -2.31. The molecule has 0 saturated heterocycles. The van der Waals surface area contributed by atoms with Crippen molar-refractivity contribution >= 4 is 23.3 Å². The minimum atomic E-state index is -0.311. The molecule has 1 aromatic heterocycles. The van der Waals surface area contributed by atoms with Gasteiger partial charge in [-0.1, -0.05) is 6.07 Å². The second kappa shape index (κ2) is 7.18. The Balaban J connectivity index is 1.72. The Kier molecular flexibility index (Phi) is 4.81. The van der Waals surface area contributed by atoms with Gasteiger partial charge in [-0.3, -0.25) is 4.79 Å². The largest absolute Gasteiger partial charge is 0.459 e. The Morgan fingerprint density at radius 3 is 2.96 bits per heavy atom. The third kappa shape index (κ3) is 3.41. The average Bonchev–Trinajstić information content (AvgIpc) is 3.24. The van der Waals surface area contributed by atoms with E-state index in [0.717, 1.165) is 17.7 Å². The third-order valence-electron chi connectivity index (χ3n) is 3.81. The van der Waals surface area contributed by atoms with Crippen molar-refractivity contribution in [3.63, 3.8) is 0 Å². The number of urea groups is 1. The van der Waals surface area contributed by atoms with Gasteiger partial charge in [-0.25, -0.2) is 4.79 Å². The van der Waals surface area contributed by atoms with Crippen molar-refractivity contribution < 1.29 is 18.7 Å². The summed E-state index contributed by atoms with van der Waals surface area (Å²) in [6, 6.07) is 8.58. The molecule has 3 rings (SSSR count). The number of hydrogen-bond donors (Lipinski definition) is 2. The van der Waals surface area contributed by atoms with E-state index in [0.29, 0.717) is 31.1 Å². The molecule has 0 spiro atoms. The Hall–Kier alpha value is -2.80. The molecule has 0 radical (unpaired) electrons. The van der Waals surface area contributed by atoms with E-state index in [2.05, 4.69) is 10.6 Å². The molecule has 0 bridgehead atoms. The summed E-state index contributed by atoms with van der Waals surface area (Å²) in [5, 5.41) is 5.44. The maximum Gasteiger partial charge on any atom is 0.319 e. The quantitative estimate of drug-likeness (QED) is 0.824. The Morgan fingerprint density at radius 1 is 1.33 bits per heavy atom. The van der Waals surface area contributed by atoms with Crippen LogP contribution in [0.15, 0.2) is 41.0 Å². The summed E-state index contributed by atoms with van der Waals surface area (Å²) in [7, 11) is 1.57. The molecule has 1 aromatic carbocycles. The highest BCUT2D eigenvalue weighted by atomic mass is 16.5. The van der Waals surface area contributed by atoms with E-state index in [1.54, 1.807) is 30.2 Å². The van der Waals surface area contributed by atoms with Gasteiger partial charge < -0.3 is 24.7 Å². The smallest absolute Gasteiger partial charge is 0.319 e. The normalized spacial score (nSPS) is 12.8. The standard InChI is InChI=1S/C17H19N3O4/c1-23-10-7-18-17(22)19-13-5-4-12-6-8-20(14(12)11-13)16(21)15-3-2-9-24-15/h2-5,9,11H,6-8,10H2,1H3,(H2,18,19,22). The molecule has 2 N–H and O–H groups in total. The highest BCUT2D eigenvalue weighted by Crippen LogP contribution is 2.32. The number of carbonyl (C=O) groups is 2. The van der Waals surface area contributed by atoms with Crippen LogP contribution in [0.5, 0.6) is 0 Å². The van der Waals surface area contributed by atoms with E-state index in [1.807, 2.05) is 12.1 Å². The zero-order valence-electron chi connectivity index (χ0n) is 13.4. The predicted octanol–water partition coefficient (Wildman–Crippen LogP) is 2.25. The van der Waals surface area contributed by atoms with Gasteiger partial charge in [-0.2, -0.15) is 0 Å². The Bertz CT molecular complexity index is 727. The molecule has 1 aliphatic heterocycles. The number of furan rings is 1. The molecule has 1 aliphatic rings. The molecule has 126 valence electrons. The molecule has 0 saturated carbocycles. The third-order valence-corrected chi connectivity index (χ3v) is 3.81. The van der Waals surface area contributed by atoms with Crippen LogP contribution in [0.3, 0.4) is 0 Å². The van der Waals surface area contributed by atoms with E-state index in [4.69, 9.17) is 9.15 Å². The fourth-order valence-corrected chi connectivity index (χ4v) is 2.64. The number of carbonyl (C=O) groups excluding carboxylic acids is 2. The van der Waals surface area contributed by atoms with Gasteiger partial charge in [0.15, 0.2) is 5.76 Å². The predicted molar refractivity (Wildman–Crippen MR) is 89.4 cm³/mol. The zero-order chi connectivity index (χ0) is 16.9. The first-order chi connectivity index (χ1) is 11.7. The van der Waals surface area contributed by atoms with Crippen LogP contribution < -0.4 is 15.5 Å². The number of rotatable bonds is 5. The molecule has 0 fully saturated rings. The Labute approximate surface area is 139 Å². The van der Waals surface area contributed by atoms with Crippen LogP contribution >= 0.6 is 0 Å². The summed E-state index contributed by atoms with van der Waals surface area (Å²) in [5.74, 6) is 0.124. The van der Waals surface area contributed by atoms with Crippen LogP contribution in [0.2, 0.25) is 0 Å². The molecule has 0 atom stereocenters. The van der Waals surface area contributed by atoms with Gasteiger partial charge in [0, 0.05) is 31.6 Å².